The number of rotatable bonds is 7. The second kappa shape index (κ2) is 7.77. The fourth-order valence-corrected chi connectivity index (χ4v) is 1.33. The maximum atomic E-state index is 11.3. The number of carbonyl (C=O) groups excluding carboxylic acids is 2. The molecule has 0 aliphatic carbocycles. The molecule has 0 bridgehead atoms. The van der Waals surface area contributed by atoms with Gasteiger partial charge in [-0.1, -0.05) is 0 Å². The fraction of sp³-hybridized carbons (Fsp3) is 0.455. The van der Waals surface area contributed by atoms with E-state index in [0.29, 0.717) is 13.1 Å². The zero-order valence-electron chi connectivity index (χ0n) is 11.0. The Balaban J connectivity index is 2.18. The summed E-state index contributed by atoms with van der Waals surface area (Å²) in [4.78, 5) is 36.4. The van der Waals surface area contributed by atoms with E-state index in [4.69, 9.17) is 5.11 Å². The molecule has 1 rings (SSSR count). The molecular weight excluding hydrogens is 268 g/mol. The molecule has 9 heteroatoms. The van der Waals surface area contributed by atoms with Crippen LogP contribution in [0.2, 0.25) is 0 Å². The predicted molar refractivity (Wildman–Crippen MR) is 67.2 cm³/mol. The summed E-state index contributed by atoms with van der Waals surface area (Å²) in [6, 6.07) is -0.410. The Morgan fingerprint density at radius 2 is 2.05 bits per heavy atom. The number of hydrogen-bond acceptors (Lipinski definition) is 5. The van der Waals surface area contributed by atoms with Gasteiger partial charge in [0.15, 0.2) is 5.69 Å². The van der Waals surface area contributed by atoms with Gasteiger partial charge in [0.1, 0.15) is 0 Å². The van der Waals surface area contributed by atoms with Crippen LogP contribution in [0.1, 0.15) is 16.9 Å². The SMILES string of the molecule is COC(=O)CCNC(=O)NCCn1cnc(C(=O)O)c1. The summed E-state index contributed by atoms with van der Waals surface area (Å²) in [5.41, 5.74) is -0.0486. The number of nitrogens with zero attached hydrogens (tertiary/aromatic N) is 2. The number of urea groups is 1. The third-order valence-electron chi connectivity index (χ3n) is 2.35. The van der Waals surface area contributed by atoms with Gasteiger partial charge in [-0.3, -0.25) is 4.79 Å². The first-order valence-electron chi connectivity index (χ1n) is 5.86. The highest BCUT2D eigenvalue weighted by Gasteiger charge is 2.06. The topological polar surface area (TPSA) is 123 Å². The maximum Gasteiger partial charge on any atom is 0.356 e. The van der Waals surface area contributed by atoms with Crippen molar-refractivity contribution < 1.29 is 24.2 Å². The first kappa shape index (κ1) is 15.5. The lowest BCUT2D eigenvalue weighted by atomic mass is 10.4. The summed E-state index contributed by atoms with van der Waals surface area (Å²) < 4.78 is 5.98. The minimum Gasteiger partial charge on any atom is -0.476 e. The summed E-state index contributed by atoms with van der Waals surface area (Å²) in [5.74, 6) is -1.50. The summed E-state index contributed by atoms with van der Waals surface area (Å²) in [6.07, 6.45) is 2.85. The summed E-state index contributed by atoms with van der Waals surface area (Å²) in [6.45, 7) is 0.886. The molecule has 20 heavy (non-hydrogen) atoms. The van der Waals surface area contributed by atoms with Crippen LogP contribution in [0.4, 0.5) is 4.79 Å². The van der Waals surface area contributed by atoms with E-state index in [9.17, 15) is 14.4 Å². The number of aromatic carboxylic acids is 1. The number of hydrogen-bond donors (Lipinski definition) is 3. The molecule has 0 aliphatic rings. The Bertz CT molecular complexity index is 485. The van der Waals surface area contributed by atoms with E-state index < -0.39 is 18.0 Å². The molecule has 0 aliphatic heterocycles. The van der Waals surface area contributed by atoms with Crippen molar-refractivity contribution in [3.05, 3.63) is 18.2 Å². The first-order valence-corrected chi connectivity index (χ1v) is 5.86. The predicted octanol–water partition coefficient (Wildman–Crippen LogP) is -0.556. The molecule has 9 nitrogen and oxygen atoms in total. The third-order valence-corrected chi connectivity index (χ3v) is 2.35. The van der Waals surface area contributed by atoms with E-state index in [-0.39, 0.29) is 18.7 Å². The molecule has 110 valence electrons. The Labute approximate surface area is 114 Å². The number of carbonyl (C=O) groups is 3. The molecule has 1 heterocycles. The van der Waals surface area contributed by atoms with Crippen molar-refractivity contribution in [3.8, 4) is 0 Å². The monoisotopic (exact) mass is 284 g/mol. The highest BCUT2D eigenvalue weighted by Crippen LogP contribution is 1.95. The minimum absolute atomic E-state index is 0.0486. The minimum atomic E-state index is -1.10. The number of ether oxygens (including phenoxy) is 1. The van der Waals surface area contributed by atoms with Crippen molar-refractivity contribution >= 4 is 18.0 Å². The summed E-state index contributed by atoms with van der Waals surface area (Å²) in [5, 5.41) is 13.7. The van der Waals surface area contributed by atoms with Crippen LogP contribution in [0.25, 0.3) is 0 Å². The van der Waals surface area contributed by atoms with E-state index in [1.54, 1.807) is 4.57 Å². The lowest BCUT2D eigenvalue weighted by Gasteiger charge is -2.07. The molecule has 0 saturated heterocycles. The second-order valence-electron chi connectivity index (χ2n) is 3.81. The van der Waals surface area contributed by atoms with Crippen LogP contribution in [0, 0.1) is 0 Å². The van der Waals surface area contributed by atoms with Gasteiger partial charge in [0.25, 0.3) is 0 Å². The van der Waals surface area contributed by atoms with Gasteiger partial charge in [-0.15, -0.1) is 0 Å². The smallest absolute Gasteiger partial charge is 0.356 e. The lowest BCUT2D eigenvalue weighted by Crippen LogP contribution is -2.38. The van der Waals surface area contributed by atoms with Crippen LogP contribution in [0.3, 0.4) is 0 Å². The standard InChI is InChI=1S/C11H16N4O5/c1-20-9(16)2-3-12-11(19)13-4-5-15-6-8(10(17)18)14-7-15/h6-7H,2-5H2,1H3,(H,17,18)(H2,12,13,19). The van der Waals surface area contributed by atoms with Gasteiger partial charge in [-0.25, -0.2) is 14.6 Å². The van der Waals surface area contributed by atoms with Crippen molar-refractivity contribution in [3.63, 3.8) is 0 Å². The van der Waals surface area contributed by atoms with E-state index in [1.807, 2.05) is 0 Å². The molecular formula is C11H16N4O5. The van der Waals surface area contributed by atoms with E-state index >= 15 is 0 Å². The van der Waals surface area contributed by atoms with Crippen molar-refractivity contribution in [1.82, 2.24) is 20.2 Å². The van der Waals surface area contributed by atoms with Crippen molar-refractivity contribution in [2.24, 2.45) is 0 Å². The summed E-state index contributed by atoms with van der Waals surface area (Å²) in [7, 11) is 1.28. The molecule has 0 radical (unpaired) electrons. The molecule has 2 amide bonds. The van der Waals surface area contributed by atoms with E-state index in [0.717, 1.165) is 0 Å². The molecule has 0 fully saturated rings. The fourth-order valence-electron chi connectivity index (χ4n) is 1.33. The highest BCUT2D eigenvalue weighted by molar-refractivity contribution is 5.84. The molecule has 0 saturated carbocycles. The molecule has 0 aromatic carbocycles. The highest BCUT2D eigenvalue weighted by atomic mass is 16.5. The Morgan fingerprint density at radius 3 is 2.65 bits per heavy atom. The zero-order chi connectivity index (χ0) is 15.0. The average Bonchev–Trinajstić information content (AvgIpc) is 2.87. The maximum absolute atomic E-state index is 11.3. The normalized spacial score (nSPS) is 9.85. The number of methoxy groups -OCH3 is 1. The van der Waals surface area contributed by atoms with Crippen LogP contribution in [-0.4, -0.2) is 52.8 Å². The van der Waals surface area contributed by atoms with E-state index in [2.05, 4.69) is 20.4 Å². The molecule has 1 aromatic heterocycles. The quantitative estimate of drug-likeness (QED) is 0.577. The van der Waals surface area contributed by atoms with Gasteiger partial charge in [0.2, 0.25) is 0 Å². The van der Waals surface area contributed by atoms with Gasteiger partial charge in [0, 0.05) is 25.8 Å². The van der Waals surface area contributed by atoms with Crippen molar-refractivity contribution in [1.29, 1.82) is 0 Å². The molecule has 0 atom stereocenters. The Kier molecular flexibility index (Phi) is 6.01. The van der Waals surface area contributed by atoms with Gasteiger partial charge in [-0.2, -0.15) is 0 Å². The Hall–Kier alpha value is -2.58. The molecule has 0 spiro atoms. The van der Waals surface area contributed by atoms with Crippen LogP contribution in [0.15, 0.2) is 12.5 Å². The van der Waals surface area contributed by atoms with Crippen LogP contribution in [-0.2, 0) is 16.1 Å². The number of esters is 1. The van der Waals surface area contributed by atoms with Gasteiger partial charge in [0.05, 0.1) is 19.9 Å². The Morgan fingerprint density at radius 1 is 1.35 bits per heavy atom. The van der Waals surface area contributed by atoms with Gasteiger partial charge < -0.3 is 25.0 Å². The van der Waals surface area contributed by atoms with Crippen molar-refractivity contribution in [2.75, 3.05) is 20.2 Å². The number of nitrogens with one attached hydrogen (secondary N) is 2. The number of aromatic nitrogens is 2. The molecule has 3 N–H and O–H groups in total. The van der Waals surface area contributed by atoms with Gasteiger partial charge >= 0.3 is 18.0 Å². The molecule has 1 aromatic rings. The first-order chi connectivity index (χ1) is 9.52. The number of amides is 2. The summed E-state index contributed by atoms with van der Waals surface area (Å²) >= 11 is 0. The van der Waals surface area contributed by atoms with E-state index in [1.165, 1.54) is 19.6 Å². The van der Waals surface area contributed by atoms with Crippen LogP contribution >= 0.6 is 0 Å². The largest absolute Gasteiger partial charge is 0.476 e. The second-order valence-corrected chi connectivity index (χ2v) is 3.81. The zero-order valence-corrected chi connectivity index (χ0v) is 11.0. The van der Waals surface area contributed by atoms with Gasteiger partial charge in [-0.05, 0) is 0 Å². The molecule has 0 unspecified atom stereocenters. The van der Waals surface area contributed by atoms with Crippen LogP contribution in [0.5, 0.6) is 0 Å². The number of carboxylic acid groups (broad SMARTS) is 1. The lowest BCUT2D eigenvalue weighted by molar-refractivity contribution is -0.140. The average molecular weight is 284 g/mol. The van der Waals surface area contributed by atoms with Crippen LogP contribution < -0.4 is 10.6 Å². The number of carboxylic acids is 1. The number of imidazole rings is 1. The van der Waals surface area contributed by atoms with Crippen molar-refractivity contribution in [2.45, 2.75) is 13.0 Å². The third kappa shape index (κ3) is 5.38.